The molecule has 94 valence electrons. The second-order valence-electron chi connectivity index (χ2n) is 4.16. The van der Waals surface area contributed by atoms with Crippen molar-refractivity contribution in [2.45, 2.75) is 18.8 Å². The molecule has 1 heterocycles. The summed E-state index contributed by atoms with van der Waals surface area (Å²) in [6, 6.07) is 4.14. The number of anilines is 1. The van der Waals surface area contributed by atoms with Crippen LogP contribution in [-0.4, -0.2) is 26.1 Å². The molecule has 0 radical (unpaired) electrons. The zero-order chi connectivity index (χ0) is 12.5. The third-order valence-electron chi connectivity index (χ3n) is 2.98. The van der Waals surface area contributed by atoms with E-state index in [1.54, 1.807) is 11.0 Å². The highest BCUT2D eigenvalue weighted by Crippen LogP contribution is 2.35. The minimum Gasteiger partial charge on any atom is -0.494 e. The maximum absolute atomic E-state index is 13.0. The average molecular weight is 245 g/mol. The van der Waals surface area contributed by atoms with Crippen molar-refractivity contribution in [2.75, 3.05) is 25.1 Å². The van der Waals surface area contributed by atoms with Gasteiger partial charge in [0.15, 0.2) is 0 Å². The molecule has 1 aliphatic rings. The van der Waals surface area contributed by atoms with Gasteiger partial charge in [-0.2, -0.15) is 0 Å². The quantitative estimate of drug-likeness (QED) is 0.794. The van der Waals surface area contributed by atoms with E-state index < -0.39 is 11.7 Å². The van der Waals surface area contributed by atoms with E-state index in [2.05, 4.69) is 0 Å². The van der Waals surface area contributed by atoms with Crippen molar-refractivity contribution in [1.82, 2.24) is 0 Å². The van der Waals surface area contributed by atoms with E-state index in [4.69, 9.17) is 4.74 Å². The summed E-state index contributed by atoms with van der Waals surface area (Å²) in [5.74, 6) is -2.59. The minimum absolute atomic E-state index is 0.173. The van der Waals surface area contributed by atoms with E-state index in [1.807, 2.05) is 0 Å². The van der Waals surface area contributed by atoms with Gasteiger partial charge in [-0.25, -0.2) is 13.2 Å². The van der Waals surface area contributed by atoms with Crippen LogP contribution in [0.5, 0.6) is 5.75 Å². The van der Waals surface area contributed by atoms with Crippen LogP contribution in [0.2, 0.25) is 0 Å². The molecular formula is C12H14F3NO. The summed E-state index contributed by atoms with van der Waals surface area (Å²) in [4.78, 5) is 1.80. The molecular weight excluding hydrogens is 231 g/mol. The zero-order valence-corrected chi connectivity index (χ0v) is 9.55. The largest absolute Gasteiger partial charge is 0.494 e. The number of methoxy groups -OCH3 is 1. The van der Waals surface area contributed by atoms with Crippen molar-refractivity contribution < 1.29 is 17.9 Å². The molecule has 1 aromatic carbocycles. The van der Waals surface area contributed by atoms with Crippen molar-refractivity contribution in [2.24, 2.45) is 0 Å². The Morgan fingerprint density at radius 3 is 2.47 bits per heavy atom. The Morgan fingerprint density at radius 1 is 1.24 bits per heavy atom. The lowest BCUT2D eigenvalue weighted by Crippen LogP contribution is -2.39. The zero-order valence-electron chi connectivity index (χ0n) is 9.55. The van der Waals surface area contributed by atoms with Gasteiger partial charge in [-0.05, 0) is 12.1 Å². The molecule has 1 fully saturated rings. The van der Waals surface area contributed by atoms with Crippen LogP contribution >= 0.6 is 0 Å². The fourth-order valence-corrected chi connectivity index (χ4v) is 1.99. The number of halogens is 3. The van der Waals surface area contributed by atoms with Crippen molar-refractivity contribution in [3.63, 3.8) is 0 Å². The number of hydrogen-bond acceptors (Lipinski definition) is 2. The molecule has 0 unspecified atom stereocenters. The van der Waals surface area contributed by atoms with Gasteiger partial charge < -0.3 is 9.64 Å². The fourth-order valence-electron chi connectivity index (χ4n) is 1.99. The van der Waals surface area contributed by atoms with Gasteiger partial charge in [0.05, 0.1) is 12.8 Å². The van der Waals surface area contributed by atoms with Crippen LogP contribution in [0.3, 0.4) is 0 Å². The van der Waals surface area contributed by atoms with Gasteiger partial charge in [-0.15, -0.1) is 0 Å². The Bertz CT molecular complexity index is 399. The number of hydrogen-bond donors (Lipinski definition) is 0. The number of benzene rings is 1. The van der Waals surface area contributed by atoms with Gasteiger partial charge in [0.1, 0.15) is 11.6 Å². The number of piperidine rings is 1. The molecule has 0 aliphatic carbocycles. The van der Waals surface area contributed by atoms with Gasteiger partial charge in [-0.1, -0.05) is 0 Å². The van der Waals surface area contributed by atoms with Crippen LogP contribution in [0.1, 0.15) is 12.8 Å². The molecule has 0 atom stereocenters. The van der Waals surface area contributed by atoms with Gasteiger partial charge in [-0.3, -0.25) is 0 Å². The maximum Gasteiger partial charge on any atom is 0.251 e. The van der Waals surface area contributed by atoms with Crippen molar-refractivity contribution >= 4 is 5.69 Å². The lowest BCUT2D eigenvalue weighted by atomic mass is 10.1. The Hall–Kier alpha value is -1.39. The standard InChI is InChI=1S/C12H14F3NO/c1-17-11-8-9(13)2-3-10(11)16-6-4-12(14,15)5-7-16/h2-3,8H,4-7H2,1H3. The number of rotatable bonds is 2. The molecule has 1 saturated heterocycles. The molecule has 0 spiro atoms. The maximum atomic E-state index is 13.0. The average Bonchev–Trinajstić information content (AvgIpc) is 2.29. The summed E-state index contributed by atoms with van der Waals surface area (Å²) in [5, 5.41) is 0. The molecule has 0 saturated carbocycles. The van der Waals surface area contributed by atoms with E-state index in [0.29, 0.717) is 11.4 Å². The van der Waals surface area contributed by atoms with Crippen molar-refractivity contribution in [1.29, 1.82) is 0 Å². The first kappa shape index (κ1) is 12.1. The Morgan fingerprint density at radius 2 is 1.88 bits per heavy atom. The normalized spacial score (nSPS) is 19.2. The smallest absolute Gasteiger partial charge is 0.251 e. The molecule has 0 N–H and O–H groups in total. The van der Waals surface area contributed by atoms with Crippen LogP contribution in [0.25, 0.3) is 0 Å². The molecule has 5 heteroatoms. The monoisotopic (exact) mass is 245 g/mol. The number of nitrogens with zero attached hydrogens (tertiary/aromatic N) is 1. The minimum atomic E-state index is -2.58. The predicted octanol–water partition coefficient (Wildman–Crippen LogP) is 3.07. The Balaban J connectivity index is 2.18. The predicted molar refractivity (Wildman–Crippen MR) is 59.3 cm³/mol. The molecule has 17 heavy (non-hydrogen) atoms. The molecule has 0 bridgehead atoms. The van der Waals surface area contributed by atoms with Crippen LogP contribution in [0.15, 0.2) is 18.2 Å². The number of alkyl halides is 2. The van der Waals surface area contributed by atoms with Crippen LogP contribution < -0.4 is 9.64 Å². The molecule has 0 aromatic heterocycles. The van der Waals surface area contributed by atoms with E-state index in [-0.39, 0.29) is 25.9 Å². The van der Waals surface area contributed by atoms with E-state index in [0.717, 1.165) is 0 Å². The number of ether oxygens (including phenoxy) is 1. The second kappa shape index (κ2) is 4.47. The van der Waals surface area contributed by atoms with E-state index in [1.165, 1.54) is 19.2 Å². The lowest BCUT2D eigenvalue weighted by Gasteiger charge is -2.34. The highest BCUT2D eigenvalue weighted by atomic mass is 19.3. The summed E-state index contributed by atoms with van der Waals surface area (Å²) in [7, 11) is 1.44. The first-order chi connectivity index (χ1) is 8.02. The molecule has 0 amide bonds. The first-order valence-electron chi connectivity index (χ1n) is 5.48. The topological polar surface area (TPSA) is 12.5 Å². The summed E-state index contributed by atoms with van der Waals surface area (Å²) in [6.45, 7) is 0.518. The summed E-state index contributed by atoms with van der Waals surface area (Å²) < 4.78 is 44.1. The van der Waals surface area contributed by atoms with Crippen molar-refractivity contribution in [3.8, 4) is 5.75 Å². The third kappa shape index (κ3) is 2.65. The molecule has 2 rings (SSSR count). The summed E-state index contributed by atoms with van der Waals surface area (Å²) in [6.07, 6.45) is -0.346. The highest BCUT2D eigenvalue weighted by molar-refractivity contribution is 5.58. The molecule has 1 aromatic rings. The van der Waals surface area contributed by atoms with Crippen LogP contribution in [-0.2, 0) is 0 Å². The molecule has 2 nitrogen and oxygen atoms in total. The van der Waals surface area contributed by atoms with E-state index >= 15 is 0 Å². The van der Waals surface area contributed by atoms with Gasteiger partial charge >= 0.3 is 0 Å². The van der Waals surface area contributed by atoms with Gasteiger partial charge in [0, 0.05) is 32.0 Å². The van der Waals surface area contributed by atoms with E-state index in [9.17, 15) is 13.2 Å². The Labute approximate surface area is 98.0 Å². The summed E-state index contributed by atoms with van der Waals surface area (Å²) >= 11 is 0. The highest BCUT2D eigenvalue weighted by Gasteiger charge is 2.34. The van der Waals surface area contributed by atoms with Gasteiger partial charge in [0.25, 0.3) is 5.92 Å². The molecule has 1 aliphatic heterocycles. The third-order valence-corrected chi connectivity index (χ3v) is 2.98. The van der Waals surface area contributed by atoms with Gasteiger partial charge in [0.2, 0.25) is 0 Å². The van der Waals surface area contributed by atoms with Crippen LogP contribution in [0, 0.1) is 5.82 Å². The Kier molecular flexibility index (Phi) is 3.17. The lowest BCUT2D eigenvalue weighted by molar-refractivity contribution is -0.0221. The summed E-state index contributed by atoms with van der Waals surface area (Å²) in [5.41, 5.74) is 0.671. The fraction of sp³-hybridized carbons (Fsp3) is 0.500. The van der Waals surface area contributed by atoms with Crippen LogP contribution in [0.4, 0.5) is 18.9 Å². The van der Waals surface area contributed by atoms with Crippen molar-refractivity contribution in [3.05, 3.63) is 24.0 Å². The SMILES string of the molecule is COc1cc(F)ccc1N1CCC(F)(F)CC1. The second-order valence-corrected chi connectivity index (χ2v) is 4.16. The first-order valence-corrected chi connectivity index (χ1v) is 5.48.